The van der Waals surface area contributed by atoms with Crippen molar-refractivity contribution in [3.05, 3.63) is 35.4 Å². The Morgan fingerprint density at radius 1 is 1.00 bits per heavy atom. The maximum atomic E-state index is 7.00. The minimum atomic E-state index is 0. The summed E-state index contributed by atoms with van der Waals surface area (Å²) in [7, 11) is 1.00. The lowest BCUT2D eigenvalue weighted by Gasteiger charge is -2.09. The monoisotopic (exact) mass is 240 g/mol. The van der Waals surface area contributed by atoms with E-state index in [2.05, 4.69) is 45.0 Å². The van der Waals surface area contributed by atoms with Crippen LogP contribution in [0.3, 0.4) is 0 Å². The molecule has 0 amide bonds. The Bertz CT molecular complexity index is 241. The second-order valence-corrected chi connectivity index (χ2v) is 3.72. The SMILES string of the molecule is C.CC.CCc1ccccc1CC(C)C.CO. The predicted octanol–water partition coefficient (Wildman–Crippen LogP) is 4.72. The third-order valence-corrected chi connectivity index (χ3v) is 2.13. The number of benzene rings is 1. The van der Waals surface area contributed by atoms with E-state index in [9.17, 15) is 0 Å². The van der Waals surface area contributed by atoms with Gasteiger partial charge in [0.05, 0.1) is 0 Å². The standard InChI is InChI=1S/C12H18.C2H6.CH4O.CH4/c1-4-11-7-5-6-8-12(11)9-10(2)3;2*1-2;/h5-8,10H,4,9H2,1-3H3;1-2H3;2H,1H3;1H4. The molecule has 0 unspecified atom stereocenters. The van der Waals surface area contributed by atoms with Gasteiger partial charge in [0.2, 0.25) is 0 Å². The van der Waals surface area contributed by atoms with Gasteiger partial charge < -0.3 is 5.11 Å². The molecule has 0 spiro atoms. The fourth-order valence-corrected chi connectivity index (χ4v) is 1.54. The van der Waals surface area contributed by atoms with E-state index in [1.165, 1.54) is 17.5 Å². The summed E-state index contributed by atoms with van der Waals surface area (Å²) in [6.45, 7) is 10.8. The van der Waals surface area contributed by atoms with E-state index in [4.69, 9.17) is 5.11 Å². The molecule has 17 heavy (non-hydrogen) atoms. The molecule has 0 aliphatic heterocycles. The molecular formula is C16H32O. The van der Waals surface area contributed by atoms with Crippen LogP contribution in [0, 0.1) is 5.92 Å². The van der Waals surface area contributed by atoms with Crippen molar-refractivity contribution in [2.24, 2.45) is 5.92 Å². The Hall–Kier alpha value is -0.820. The van der Waals surface area contributed by atoms with Crippen LogP contribution in [0.15, 0.2) is 24.3 Å². The average molecular weight is 240 g/mol. The Kier molecular flexibility index (Phi) is 19.2. The molecular weight excluding hydrogens is 208 g/mol. The summed E-state index contributed by atoms with van der Waals surface area (Å²) in [6.07, 6.45) is 2.37. The minimum Gasteiger partial charge on any atom is -0.400 e. The quantitative estimate of drug-likeness (QED) is 0.810. The first-order chi connectivity index (χ1) is 7.74. The zero-order valence-electron chi connectivity index (χ0n) is 11.7. The molecule has 0 aliphatic carbocycles. The van der Waals surface area contributed by atoms with Gasteiger partial charge in [-0.15, -0.1) is 0 Å². The van der Waals surface area contributed by atoms with Crippen LogP contribution in [-0.2, 0) is 12.8 Å². The van der Waals surface area contributed by atoms with E-state index in [1.807, 2.05) is 13.8 Å². The van der Waals surface area contributed by atoms with Crippen molar-refractivity contribution >= 4 is 0 Å². The largest absolute Gasteiger partial charge is 0.400 e. The molecule has 1 aromatic carbocycles. The molecule has 102 valence electrons. The molecule has 0 aromatic heterocycles. The Morgan fingerprint density at radius 2 is 1.41 bits per heavy atom. The summed E-state index contributed by atoms with van der Waals surface area (Å²) in [5.74, 6) is 0.762. The topological polar surface area (TPSA) is 20.2 Å². The second kappa shape index (κ2) is 15.2. The van der Waals surface area contributed by atoms with Crippen LogP contribution in [0.4, 0.5) is 0 Å². The van der Waals surface area contributed by atoms with E-state index < -0.39 is 0 Å². The van der Waals surface area contributed by atoms with E-state index in [1.54, 1.807) is 0 Å². The van der Waals surface area contributed by atoms with Gasteiger partial charge in [0.15, 0.2) is 0 Å². The van der Waals surface area contributed by atoms with Crippen molar-refractivity contribution in [1.82, 2.24) is 0 Å². The molecule has 1 heteroatoms. The summed E-state index contributed by atoms with van der Waals surface area (Å²) in [6, 6.07) is 8.75. The Morgan fingerprint density at radius 3 is 1.76 bits per heavy atom. The number of hydrogen-bond acceptors (Lipinski definition) is 1. The number of aliphatic hydroxyl groups excluding tert-OH is 1. The molecule has 1 nitrogen and oxygen atoms in total. The molecule has 0 atom stereocenters. The number of aryl methyl sites for hydroxylation is 1. The van der Waals surface area contributed by atoms with Crippen LogP contribution in [0.5, 0.6) is 0 Å². The highest BCUT2D eigenvalue weighted by Gasteiger charge is 2.01. The Labute approximate surface area is 109 Å². The van der Waals surface area contributed by atoms with Gasteiger partial charge in [0.25, 0.3) is 0 Å². The van der Waals surface area contributed by atoms with Crippen LogP contribution in [-0.4, -0.2) is 12.2 Å². The lowest BCUT2D eigenvalue weighted by atomic mass is 9.97. The summed E-state index contributed by atoms with van der Waals surface area (Å²) in [5, 5.41) is 7.00. The summed E-state index contributed by atoms with van der Waals surface area (Å²) in [5.41, 5.74) is 3.03. The third-order valence-electron chi connectivity index (χ3n) is 2.13. The van der Waals surface area contributed by atoms with Crippen molar-refractivity contribution in [3.8, 4) is 0 Å². The molecule has 0 radical (unpaired) electrons. The summed E-state index contributed by atoms with van der Waals surface area (Å²) < 4.78 is 0. The van der Waals surface area contributed by atoms with Crippen LogP contribution in [0.25, 0.3) is 0 Å². The van der Waals surface area contributed by atoms with Gasteiger partial charge in [-0.25, -0.2) is 0 Å². The van der Waals surface area contributed by atoms with Gasteiger partial charge in [-0.05, 0) is 29.9 Å². The molecule has 1 aromatic rings. The molecule has 0 fully saturated rings. The Balaban J connectivity index is -0.000000355. The first-order valence-electron chi connectivity index (χ1n) is 6.25. The van der Waals surface area contributed by atoms with Gasteiger partial charge in [0.1, 0.15) is 0 Å². The lowest BCUT2D eigenvalue weighted by molar-refractivity contribution is 0.399. The zero-order chi connectivity index (χ0) is 13.0. The van der Waals surface area contributed by atoms with Crippen LogP contribution >= 0.6 is 0 Å². The first-order valence-corrected chi connectivity index (χ1v) is 6.25. The molecule has 0 heterocycles. The zero-order valence-corrected chi connectivity index (χ0v) is 11.7. The molecule has 1 rings (SSSR count). The fraction of sp³-hybridized carbons (Fsp3) is 0.625. The second-order valence-electron chi connectivity index (χ2n) is 3.72. The molecule has 1 N–H and O–H groups in total. The van der Waals surface area contributed by atoms with Crippen molar-refractivity contribution < 1.29 is 5.11 Å². The highest BCUT2D eigenvalue weighted by atomic mass is 16.2. The van der Waals surface area contributed by atoms with E-state index in [0.717, 1.165) is 19.4 Å². The maximum absolute atomic E-state index is 7.00. The predicted molar refractivity (Wildman–Crippen MR) is 80.6 cm³/mol. The third kappa shape index (κ3) is 10.1. The van der Waals surface area contributed by atoms with Gasteiger partial charge >= 0.3 is 0 Å². The molecule has 0 bridgehead atoms. The maximum Gasteiger partial charge on any atom is 0.0319 e. The highest BCUT2D eigenvalue weighted by Crippen LogP contribution is 2.13. The van der Waals surface area contributed by atoms with Crippen molar-refractivity contribution in [2.75, 3.05) is 7.11 Å². The average Bonchev–Trinajstić information content (AvgIpc) is 2.34. The summed E-state index contributed by atoms with van der Waals surface area (Å²) >= 11 is 0. The van der Waals surface area contributed by atoms with E-state index >= 15 is 0 Å². The van der Waals surface area contributed by atoms with Crippen molar-refractivity contribution in [2.45, 2.75) is 54.9 Å². The van der Waals surface area contributed by atoms with Crippen LogP contribution in [0.1, 0.15) is 53.2 Å². The first kappa shape index (κ1) is 21.5. The minimum absolute atomic E-state index is 0. The smallest absolute Gasteiger partial charge is 0.0319 e. The highest BCUT2D eigenvalue weighted by molar-refractivity contribution is 5.27. The van der Waals surface area contributed by atoms with Crippen molar-refractivity contribution in [1.29, 1.82) is 0 Å². The normalized spacial score (nSPS) is 8.24. The molecule has 0 saturated heterocycles. The van der Waals surface area contributed by atoms with Gasteiger partial charge in [-0.1, -0.05) is 66.3 Å². The number of hydrogen-bond donors (Lipinski definition) is 1. The molecule has 0 saturated carbocycles. The number of aliphatic hydroxyl groups is 1. The lowest BCUT2D eigenvalue weighted by Crippen LogP contribution is -1.97. The van der Waals surface area contributed by atoms with Crippen LogP contribution < -0.4 is 0 Å². The van der Waals surface area contributed by atoms with Gasteiger partial charge in [-0.2, -0.15) is 0 Å². The number of rotatable bonds is 3. The van der Waals surface area contributed by atoms with Gasteiger partial charge in [-0.3, -0.25) is 0 Å². The van der Waals surface area contributed by atoms with E-state index in [-0.39, 0.29) is 7.43 Å². The van der Waals surface area contributed by atoms with Gasteiger partial charge in [0, 0.05) is 7.11 Å². The fourth-order valence-electron chi connectivity index (χ4n) is 1.54. The molecule has 0 aliphatic rings. The van der Waals surface area contributed by atoms with E-state index in [0.29, 0.717) is 0 Å². The van der Waals surface area contributed by atoms with Crippen LogP contribution in [0.2, 0.25) is 0 Å². The van der Waals surface area contributed by atoms with Crippen molar-refractivity contribution in [3.63, 3.8) is 0 Å². The summed E-state index contributed by atoms with van der Waals surface area (Å²) in [4.78, 5) is 0.